The van der Waals surface area contributed by atoms with Crippen molar-refractivity contribution >= 4 is 12.0 Å². The summed E-state index contributed by atoms with van der Waals surface area (Å²) >= 11 is 0. The zero-order valence-electron chi connectivity index (χ0n) is 19.2. The van der Waals surface area contributed by atoms with Gasteiger partial charge >= 0.3 is 5.97 Å². The Bertz CT molecular complexity index is 699. The van der Waals surface area contributed by atoms with Crippen LogP contribution in [0.4, 0.5) is 0 Å². The van der Waals surface area contributed by atoms with Crippen molar-refractivity contribution in [1.29, 1.82) is 0 Å². The van der Waals surface area contributed by atoms with E-state index in [2.05, 4.69) is 54.0 Å². The largest absolute Gasteiger partial charge is 0.460 e. The van der Waals surface area contributed by atoms with Crippen molar-refractivity contribution in [2.24, 2.45) is 5.92 Å². The molecule has 2 N–H and O–H groups in total. The van der Waals surface area contributed by atoms with Gasteiger partial charge in [-0.05, 0) is 70.8 Å². The first-order valence-corrected chi connectivity index (χ1v) is 11.8. The predicted molar refractivity (Wildman–Crippen MR) is 124 cm³/mol. The lowest BCUT2D eigenvalue weighted by Gasteiger charge is -2.30. The van der Waals surface area contributed by atoms with Gasteiger partial charge in [0.1, 0.15) is 5.60 Å². The molecule has 3 rings (SSSR count). The first-order chi connectivity index (χ1) is 14.3. The van der Waals surface area contributed by atoms with Gasteiger partial charge in [0.2, 0.25) is 0 Å². The molecule has 4 nitrogen and oxygen atoms in total. The van der Waals surface area contributed by atoms with Crippen molar-refractivity contribution < 1.29 is 9.53 Å². The SMILES string of the molecule is CCC(=Cc1ccccc1)[C@@H]1C[C@H]1NC1CCC(NCCC(=O)OC(C)(C)C)CC1. The number of hydrogen-bond donors (Lipinski definition) is 2. The second kappa shape index (κ2) is 10.6. The first-order valence-electron chi connectivity index (χ1n) is 11.8. The lowest BCUT2D eigenvalue weighted by atomic mass is 9.91. The molecule has 1 aromatic carbocycles. The van der Waals surface area contributed by atoms with E-state index >= 15 is 0 Å². The molecule has 0 aliphatic heterocycles. The van der Waals surface area contributed by atoms with Crippen LogP contribution in [0.1, 0.15) is 78.2 Å². The third-order valence-corrected chi connectivity index (χ3v) is 6.19. The molecule has 2 fully saturated rings. The summed E-state index contributed by atoms with van der Waals surface area (Å²) in [4.78, 5) is 11.8. The van der Waals surface area contributed by atoms with E-state index in [0.717, 1.165) is 6.42 Å². The zero-order chi connectivity index (χ0) is 21.6. The average Bonchev–Trinajstić information content (AvgIpc) is 3.46. The maximum absolute atomic E-state index is 11.8. The smallest absolute Gasteiger partial charge is 0.307 e. The number of benzene rings is 1. The van der Waals surface area contributed by atoms with E-state index in [0.29, 0.717) is 37.0 Å². The van der Waals surface area contributed by atoms with Gasteiger partial charge < -0.3 is 15.4 Å². The van der Waals surface area contributed by atoms with Gasteiger partial charge in [-0.2, -0.15) is 0 Å². The van der Waals surface area contributed by atoms with E-state index < -0.39 is 5.60 Å². The van der Waals surface area contributed by atoms with Gasteiger partial charge in [-0.1, -0.05) is 48.9 Å². The van der Waals surface area contributed by atoms with Crippen LogP contribution in [-0.2, 0) is 9.53 Å². The summed E-state index contributed by atoms with van der Waals surface area (Å²) in [7, 11) is 0. The van der Waals surface area contributed by atoms with Crippen LogP contribution in [0.2, 0.25) is 0 Å². The van der Waals surface area contributed by atoms with Gasteiger partial charge in [0.15, 0.2) is 0 Å². The molecule has 0 saturated heterocycles. The lowest BCUT2D eigenvalue weighted by Crippen LogP contribution is -2.41. The fourth-order valence-corrected chi connectivity index (χ4v) is 4.56. The summed E-state index contributed by atoms with van der Waals surface area (Å²) in [6.07, 6.45) is 10.1. The molecule has 2 aliphatic carbocycles. The topological polar surface area (TPSA) is 50.4 Å². The Morgan fingerprint density at radius 1 is 1.10 bits per heavy atom. The highest BCUT2D eigenvalue weighted by atomic mass is 16.6. The number of esters is 1. The van der Waals surface area contributed by atoms with Crippen molar-refractivity contribution in [3.05, 3.63) is 41.5 Å². The average molecular weight is 413 g/mol. The third-order valence-electron chi connectivity index (χ3n) is 6.19. The highest BCUT2D eigenvalue weighted by molar-refractivity contribution is 5.70. The number of ether oxygens (including phenoxy) is 1. The lowest BCUT2D eigenvalue weighted by molar-refractivity contribution is -0.154. The molecule has 4 heteroatoms. The summed E-state index contributed by atoms with van der Waals surface area (Å²) in [5.41, 5.74) is 2.50. The molecule has 2 aliphatic rings. The maximum Gasteiger partial charge on any atom is 0.307 e. The normalized spacial score (nSPS) is 27.0. The molecule has 166 valence electrons. The minimum Gasteiger partial charge on any atom is -0.460 e. The van der Waals surface area contributed by atoms with E-state index in [1.807, 2.05) is 20.8 Å². The fraction of sp³-hybridized carbons (Fsp3) is 0.654. The number of rotatable bonds is 9. The summed E-state index contributed by atoms with van der Waals surface area (Å²) in [6, 6.07) is 12.5. The number of carbonyl (C=O) groups is 1. The van der Waals surface area contributed by atoms with Crippen molar-refractivity contribution in [1.82, 2.24) is 10.6 Å². The molecule has 0 bridgehead atoms. The van der Waals surface area contributed by atoms with Crippen molar-refractivity contribution in [2.45, 2.75) is 96.4 Å². The highest BCUT2D eigenvalue weighted by Gasteiger charge is 2.40. The van der Waals surface area contributed by atoms with E-state index in [1.165, 1.54) is 37.7 Å². The second-order valence-corrected chi connectivity index (χ2v) is 9.94. The van der Waals surface area contributed by atoms with Crippen LogP contribution < -0.4 is 10.6 Å². The molecule has 2 saturated carbocycles. The van der Waals surface area contributed by atoms with E-state index in [-0.39, 0.29) is 5.97 Å². The number of carbonyl (C=O) groups excluding carboxylic acids is 1. The molecule has 2 atom stereocenters. The molecule has 0 spiro atoms. The van der Waals surface area contributed by atoms with Crippen molar-refractivity contribution in [3.8, 4) is 0 Å². The molecule has 0 heterocycles. The first kappa shape index (κ1) is 23.0. The molecule has 30 heavy (non-hydrogen) atoms. The minimum atomic E-state index is -0.393. The van der Waals surface area contributed by atoms with E-state index in [9.17, 15) is 4.79 Å². The number of nitrogens with one attached hydrogen (secondary N) is 2. The van der Waals surface area contributed by atoms with Gasteiger partial charge in [0.05, 0.1) is 6.42 Å². The van der Waals surface area contributed by atoms with Gasteiger partial charge in [-0.15, -0.1) is 0 Å². The zero-order valence-corrected chi connectivity index (χ0v) is 19.2. The van der Waals surface area contributed by atoms with Gasteiger partial charge in [0, 0.05) is 24.7 Å². The van der Waals surface area contributed by atoms with Crippen LogP contribution in [0.5, 0.6) is 0 Å². The van der Waals surface area contributed by atoms with E-state index in [4.69, 9.17) is 4.74 Å². The molecular weight excluding hydrogens is 372 g/mol. The molecule has 0 radical (unpaired) electrons. The summed E-state index contributed by atoms with van der Waals surface area (Å²) in [6.45, 7) is 8.73. The van der Waals surface area contributed by atoms with Gasteiger partial charge in [-0.3, -0.25) is 4.79 Å². The number of hydrogen-bond acceptors (Lipinski definition) is 4. The summed E-state index contributed by atoms with van der Waals surface area (Å²) < 4.78 is 5.38. The van der Waals surface area contributed by atoms with Crippen LogP contribution in [0, 0.1) is 5.92 Å². The molecule has 0 aromatic heterocycles. The van der Waals surface area contributed by atoms with Crippen molar-refractivity contribution in [3.63, 3.8) is 0 Å². The second-order valence-electron chi connectivity index (χ2n) is 9.94. The maximum atomic E-state index is 11.8. The van der Waals surface area contributed by atoms with Crippen LogP contribution in [-0.4, -0.2) is 36.2 Å². The van der Waals surface area contributed by atoms with Crippen molar-refractivity contribution in [2.75, 3.05) is 6.54 Å². The Balaban J connectivity index is 1.34. The quantitative estimate of drug-likeness (QED) is 0.555. The van der Waals surface area contributed by atoms with Crippen LogP contribution in [0.15, 0.2) is 35.9 Å². The Hall–Kier alpha value is -1.65. The molecule has 0 unspecified atom stereocenters. The fourth-order valence-electron chi connectivity index (χ4n) is 4.56. The summed E-state index contributed by atoms with van der Waals surface area (Å²) in [5.74, 6) is 0.597. The standard InChI is InChI=1S/C26H40N2O2/c1-5-20(17-19-9-7-6-8-10-19)23-18-24(23)28-22-13-11-21(12-14-22)27-16-15-25(29)30-26(2,3)4/h6-10,17,21-24,27-28H,5,11-16,18H2,1-4H3/t21?,22?,23-,24+/m0/s1. The Labute approximate surface area is 182 Å². The monoisotopic (exact) mass is 412 g/mol. The molecule has 0 amide bonds. The molecule has 1 aromatic rings. The summed E-state index contributed by atoms with van der Waals surface area (Å²) in [5, 5.41) is 7.47. The highest BCUT2D eigenvalue weighted by Crippen LogP contribution is 2.40. The van der Waals surface area contributed by atoms with Crippen LogP contribution in [0.3, 0.4) is 0 Å². The predicted octanol–water partition coefficient (Wildman–Crippen LogP) is 5.09. The van der Waals surface area contributed by atoms with Gasteiger partial charge in [-0.25, -0.2) is 0 Å². The Kier molecular flexibility index (Phi) is 8.13. The van der Waals surface area contributed by atoms with Gasteiger partial charge in [0.25, 0.3) is 0 Å². The third kappa shape index (κ3) is 7.55. The molecular formula is C26H40N2O2. The Morgan fingerprint density at radius 3 is 2.40 bits per heavy atom. The Morgan fingerprint density at radius 2 is 1.77 bits per heavy atom. The van der Waals surface area contributed by atoms with Crippen LogP contribution >= 0.6 is 0 Å². The van der Waals surface area contributed by atoms with E-state index in [1.54, 1.807) is 5.57 Å². The van der Waals surface area contributed by atoms with Crippen LogP contribution in [0.25, 0.3) is 6.08 Å². The minimum absolute atomic E-state index is 0.111.